The van der Waals surface area contributed by atoms with Crippen molar-refractivity contribution in [2.45, 2.75) is 0 Å². The van der Waals surface area contributed by atoms with Crippen LogP contribution in [0.5, 0.6) is 0 Å². The Kier molecular flexibility index (Phi) is 7.17. The van der Waals surface area contributed by atoms with E-state index < -0.39 is 0 Å². The van der Waals surface area contributed by atoms with Gasteiger partial charge in [-0.1, -0.05) is 164 Å². The number of rotatable bonds is 5. The summed E-state index contributed by atoms with van der Waals surface area (Å²) in [6.07, 6.45) is 0. The molecule has 11 rings (SSSR count). The van der Waals surface area contributed by atoms with E-state index >= 15 is 0 Å². The van der Waals surface area contributed by atoms with Gasteiger partial charge in [-0.3, -0.25) is 0 Å². The zero-order valence-electron chi connectivity index (χ0n) is 29.8. The van der Waals surface area contributed by atoms with Crippen molar-refractivity contribution in [3.05, 3.63) is 194 Å². The number of para-hydroxylation sites is 1. The van der Waals surface area contributed by atoms with Crippen LogP contribution in [0.2, 0.25) is 0 Å². The van der Waals surface area contributed by atoms with Crippen LogP contribution >= 0.6 is 0 Å². The van der Waals surface area contributed by atoms with Crippen molar-refractivity contribution < 1.29 is 4.42 Å². The van der Waals surface area contributed by atoms with Crippen LogP contribution in [0.25, 0.3) is 110 Å². The molecule has 0 amide bonds. The number of fused-ring (bicyclic) bond motifs is 7. The Morgan fingerprint density at radius 2 is 0.855 bits per heavy atom. The summed E-state index contributed by atoms with van der Waals surface area (Å²) in [6.45, 7) is 0. The first-order valence-corrected chi connectivity index (χ1v) is 18.6. The molecular weight excluding hydrogens is 669 g/mol. The maximum atomic E-state index is 6.24. The van der Waals surface area contributed by atoms with Gasteiger partial charge in [0.2, 0.25) is 0 Å². The van der Waals surface area contributed by atoms with Crippen molar-refractivity contribution in [1.29, 1.82) is 0 Å². The summed E-state index contributed by atoms with van der Waals surface area (Å²) >= 11 is 0. The molecular formula is C52H32N2O. The molecule has 0 saturated heterocycles. The number of benzene rings is 9. The summed E-state index contributed by atoms with van der Waals surface area (Å²) in [4.78, 5) is 10.1. The van der Waals surface area contributed by atoms with Crippen LogP contribution in [-0.4, -0.2) is 9.97 Å². The van der Waals surface area contributed by atoms with Crippen molar-refractivity contribution in [1.82, 2.24) is 9.97 Å². The summed E-state index contributed by atoms with van der Waals surface area (Å²) < 4.78 is 6.24. The van der Waals surface area contributed by atoms with Crippen molar-refractivity contribution in [2.75, 3.05) is 0 Å². The summed E-state index contributed by atoms with van der Waals surface area (Å²) in [5.41, 5.74) is 11.2. The lowest BCUT2D eigenvalue weighted by Gasteiger charge is -2.14. The van der Waals surface area contributed by atoms with Crippen molar-refractivity contribution in [2.24, 2.45) is 0 Å². The average molecular weight is 701 g/mol. The summed E-state index contributed by atoms with van der Waals surface area (Å²) in [5, 5.41) is 9.81. The maximum Gasteiger partial charge on any atom is 0.160 e. The zero-order chi connectivity index (χ0) is 36.3. The monoisotopic (exact) mass is 700 g/mol. The molecule has 0 saturated carbocycles. The van der Waals surface area contributed by atoms with Crippen molar-refractivity contribution >= 4 is 54.3 Å². The molecule has 0 bridgehead atoms. The SMILES string of the molecule is c1ccc(-c2nc(-c3ccc(-c4ccc(-c5c6ccccc6cc6c5ccc5ccccc56)cc4)cc3)cc(-c3ccc4c(c3)oc3ccccc34)n2)cc1. The highest BCUT2D eigenvalue weighted by Crippen LogP contribution is 2.40. The Morgan fingerprint density at radius 3 is 1.64 bits per heavy atom. The first kappa shape index (κ1) is 31.2. The summed E-state index contributed by atoms with van der Waals surface area (Å²) in [5.74, 6) is 0.687. The Balaban J connectivity index is 0.966. The van der Waals surface area contributed by atoms with E-state index in [2.05, 4.69) is 158 Å². The quantitative estimate of drug-likeness (QED) is 0.133. The van der Waals surface area contributed by atoms with E-state index in [-0.39, 0.29) is 0 Å². The van der Waals surface area contributed by atoms with E-state index in [1.165, 1.54) is 43.4 Å². The van der Waals surface area contributed by atoms with Crippen LogP contribution < -0.4 is 0 Å². The molecule has 9 aromatic carbocycles. The topological polar surface area (TPSA) is 38.9 Å². The van der Waals surface area contributed by atoms with Gasteiger partial charge in [-0.2, -0.15) is 0 Å². The van der Waals surface area contributed by atoms with Gasteiger partial charge in [0.15, 0.2) is 5.82 Å². The number of furan rings is 1. The Morgan fingerprint density at radius 1 is 0.291 bits per heavy atom. The van der Waals surface area contributed by atoms with Crippen molar-refractivity contribution in [3.8, 4) is 56.2 Å². The van der Waals surface area contributed by atoms with Gasteiger partial charge in [-0.25, -0.2) is 9.97 Å². The lowest BCUT2D eigenvalue weighted by Crippen LogP contribution is -1.96. The van der Waals surface area contributed by atoms with Crippen LogP contribution in [0.4, 0.5) is 0 Å². The predicted molar refractivity (Wildman–Crippen MR) is 229 cm³/mol. The molecule has 0 aliphatic heterocycles. The van der Waals surface area contributed by atoms with Crippen LogP contribution in [-0.2, 0) is 0 Å². The smallest absolute Gasteiger partial charge is 0.160 e. The third-order valence-corrected chi connectivity index (χ3v) is 10.9. The number of hydrogen-bond donors (Lipinski definition) is 0. The lowest BCUT2D eigenvalue weighted by atomic mass is 9.89. The highest BCUT2D eigenvalue weighted by Gasteiger charge is 2.15. The van der Waals surface area contributed by atoms with Crippen LogP contribution in [0.1, 0.15) is 0 Å². The first-order chi connectivity index (χ1) is 27.2. The third-order valence-electron chi connectivity index (χ3n) is 10.9. The van der Waals surface area contributed by atoms with Crippen LogP contribution in [0, 0.1) is 0 Å². The second-order valence-corrected chi connectivity index (χ2v) is 14.1. The molecule has 0 fully saturated rings. The molecule has 2 aromatic heterocycles. The Bertz CT molecular complexity index is 3230. The van der Waals surface area contributed by atoms with Crippen LogP contribution in [0.15, 0.2) is 199 Å². The van der Waals surface area contributed by atoms with E-state index in [1.54, 1.807) is 0 Å². The Hall–Kier alpha value is -7.36. The fourth-order valence-corrected chi connectivity index (χ4v) is 8.14. The van der Waals surface area contributed by atoms with E-state index in [0.717, 1.165) is 61.1 Å². The molecule has 0 spiro atoms. The minimum atomic E-state index is 0.687. The summed E-state index contributed by atoms with van der Waals surface area (Å²) in [7, 11) is 0. The van der Waals surface area contributed by atoms with E-state index in [9.17, 15) is 0 Å². The van der Waals surface area contributed by atoms with Gasteiger partial charge in [0.25, 0.3) is 0 Å². The number of hydrogen-bond acceptors (Lipinski definition) is 3. The molecule has 256 valence electrons. The summed E-state index contributed by atoms with van der Waals surface area (Å²) in [6, 6.07) is 68.7. The van der Waals surface area contributed by atoms with Gasteiger partial charge in [0, 0.05) is 27.5 Å². The van der Waals surface area contributed by atoms with Gasteiger partial charge in [0.05, 0.1) is 11.4 Å². The minimum absolute atomic E-state index is 0.687. The van der Waals surface area contributed by atoms with Gasteiger partial charge < -0.3 is 4.42 Å². The van der Waals surface area contributed by atoms with E-state index in [0.29, 0.717) is 5.82 Å². The highest BCUT2D eigenvalue weighted by atomic mass is 16.3. The maximum absolute atomic E-state index is 6.24. The fraction of sp³-hybridized carbons (Fsp3) is 0. The number of aromatic nitrogens is 2. The fourth-order valence-electron chi connectivity index (χ4n) is 8.14. The molecule has 11 aromatic rings. The zero-order valence-corrected chi connectivity index (χ0v) is 29.8. The van der Waals surface area contributed by atoms with Gasteiger partial charge >= 0.3 is 0 Å². The van der Waals surface area contributed by atoms with Gasteiger partial charge in [0.1, 0.15) is 11.2 Å². The van der Waals surface area contributed by atoms with Crippen LogP contribution in [0.3, 0.4) is 0 Å². The second kappa shape index (κ2) is 12.6. The van der Waals surface area contributed by atoms with Gasteiger partial charge in [-0.05, 0) is 84.9 Å². The average Bonchev–Trinajstić information content (AvgIpc) is 3.64. The molecule has 0 radical (unpaired) electrons. The Labute approximate surface area is 317 Å². The number of nitrogens with zero attached hydrogens (tertiary/aromatic N) is 2. The molecule has 0 aliphatic rings. The highest BCUT2D eigenvalue weighted by molar-refractivity contribution is 6.20. The molecule has 0 unspecified atom stereocenters. The normalized spacial score (nSPS) is 11.6. The minimum Gasteiger partial charge on any atom is -0.456 e. The molecule has 0 aliphatic carbocycles. The third kappa shape index (κ3) is 5.36. The van der Waals surface area contributed by atoms with Gasteiger partial charge in [-0.15, -0.1) is 0 Å². The molecule has 3 nitrogen and oxygen atoms in total. The molecule has 3 heteroatoms. The standard InChI is InChI=1S/C52H32N2O/c1-2-11-38(12-3-1)52-53-47(32-48(54-52)40-27-28-44-43-16-8-9-17-49(43)55-50(44)31-40)36-22-18-33(19-23-36)34-20-24-37(25-21-34)51-42-15-7-5-13-39(42)30-46-41-14-6-4-10-35(41)26-29-45(46)51/h1-32H. The lowest BCUT2D eigenvalue weighted by molar-refractivity contribution is 0.669. The molecule has 55 heavy (non-hydrogen) atoms. The molecule has 2 heterocycles. The van der Waals surface area contributed by atoms with E-state index in [4.69, 9.17) is 14.4 Å². The second-order valence-electron chi connectivity index (χ2n) is 14.1. The molecule has 0 N–H and O–H groups in total. The predicted octanol–water partition coefficient (Wildman–Crippen LogP) is 14.2. The largest absolute Gasteiger partial charge is 0.456 e. The van der Waals surface area contributed by atoms with Crippen molar-refractivity contribution in [3.63, 3.8) is 0 Å². The van der Waals surface area contributed by atoms with E-state index in [1.807, 2.05) is 36.4 Å². The molecule has 0 atom stereocenters. The first-order valence-electron chi connectivity index (χ1n) is 18.6.